The molecule has 1 atom stereocenters. The van der Waals surface area contributed by atoms with Gasteiger partial charge in [-0.05, 0) is 38.0 Å². The normalized spacial score (nSPS) is 21.4. The first kappa shape index (κ1) is 14.1. The molecule has 1 fully saturated rings. The molecule has 4 nitrogen and oxygen atoms in total. The van der Waals surface area contributed by atoms with Crippen LogP contribution < -0.4 is 10.6 Å². The molecule has 0 spiro atoms. The van der Waals surface area contributed by atoms with Crippen molar-refractivity contribution in [2.45, 2.75) is 59.4 Å². The summed E-state index contributed by atoms with van der Waals surface area (Å²) in [5, 5.41) is 6.94. The van der Waals surface area contributed by atoms with E-state index in [-0.39, 0.29) is 0 Å². The molecule has 19 heavy (non-hydrogen) atoms. The zero-order valence-electron chi connectivity index (χ0n) is 12.6. The van der Waals surface area contributed by atoms with Gasteiger partial charge in [-0.1, -0.05) is 20.8 Å². The quantitative estimate of drug-likeness (QED) is 0.851. The van der Waals surface area contributed by atoms with Gasteiger partial charge in [-0.2, -0.15) is 0 Å². The maximum absolute atomic E-state index is 4.40. The van der Waals surface area contributed by atoms with Gasteiger partial charge in [0.15, 0.2) is 0 Å². The van der Waals surface area contributed by atoms with E-state index in [2.05, 4.69) is 48.3 Å². The van der Waals surface area contributed by atoms with Crippen LogP contribution in [0.1, 0.15) is 52.0 Å². The summed E-state index contributed by atoms with van der Waals surface area (Å²) in [6.07, 6.45) is 6.48. The van der Waals surface area contributed by atoms with Gasteiger partial charge in [-0.15, -0.1) is 0 Å². The predicted molar refractivity (Wildman–Crippen MR) is 80.6 cm³/mol. The van der Waals surface area contributed by atoms with Crippen molar-refractivity contribution >= 4 is 11.6 Å². The summed E-state index contributed by atoms with van der Waals surface area (Å²) in [6.45, 7) is 9.88. The highest BCUT2D eigenvalue weighted by Gasteiger charge is 2.31. The molecule has 2 rings (SSSR count). The average molecular weight is 262 g/mol. The Morgan fingerprint density at radius 1 is 1.32 bits per heavy atom. The van der Waals surface area contributed by atoms with Gasteiger partial charge in [-0.3, -0.25) is 0 Å². The molecule has 1 saturated carbocycles. The molecular weight excluding hydrogens is 236 g/mol. The molecule has 0 amide bonds. The highest BCUT2D eigenvalue weighted by Crippen LogP contribution is 2.38. The smallest absolute Gasteiger partial charge is 0.134 e. The highest BCUT2D eigenvalue weighted by molar-refractivity contribution is 5.56. The molecule has 0 aromatic carbocycles. The van der Waals surface area contributed by atoms with Crippen molar-refractivity contribution in [2.24, 2.45) is 5.41 Å². The van der Waals surface area contributed by atoms with Crippen molar-refractivity contribution in [2.75, 3.05) is 17.2 Å². The molecule has 1 aliphatic rings. The molecular formula is C15H26N4. The summed E-state index contributed by atoms with van der Waals surface area (Å²) in [7, 11) is 0. The van der Waals surface area contributed by atoms with E-state index in [1.54, 1.807) is 6.33 Å². The first-order valence-electron chi connectivity index (χ1n) is 7.34. The Kier molecular flexibility index (Phi) is 4.27. The number of anilines is 2. The summed E-state index contributed by atoms with van der Waals surface area (Å²) in [5.74, 6) is 1.94. The second-order valence-corrected chi connectivity index (χ2v) is 6.37. The number of hydrogen-bond donors (Lipinski definition) is 2. The third kappa shape index (κ3) is 3.58. The topological polar surface area (TPSA) is 49.8 Å². The minimum absolute atomic E-state index is 0.460. The van der Waals surface area contributed by atoms with Crippen molar-refractivity contribution in [3.8, 4) is 0 Å². The lowest BCUT2D eigenvalue weighted by Crippen LogP contribution is -2.19. The van der Waals surface area contributed by atoms with Crippen molar-refractivity contribution < 1.29 is 0 Å². The summed E-state index contributed by atoms with van der Waals surface area (Å²) in [5.41, 5.74) is 1.59. The lowest BCUT2D eigenvalue weighted by Gasteiger charge is -2.19. The zero-order valence-corrected chi connectivity index (χ0v) is 12.6. The minimum atomic E-state index is 0.460. The summed E-state index contributed by atoms with van der Waals surface area (Å²) in [4.78, 5) is 8.71. The van der Waals surface area contributed by atoms with Gasteiger partial charge < -0.3 is 10.6 Å². The molecule has 106 valence electrons. The lowest BCUT2D eigenvalue weighted by atomic mass is 9.92. The van der Waals surface area contributed by atoms with Crippen molar-refractivity contribution in [1.29, 1.82) is 0 Å². The van der Waals surface area contributed by atoms with E-state index >= 15 is 0 Å². The lowest BCUT2D eigenvalue weighted by molar-refractivity contribution is 0.378. The van der Waals surface area contributed by atoms with E-state index in [1.807, 2.05) is 0 Å². The van der Waals surface area contributed by atoms with E-state index < -0.39 is 0 Å². The van der Waals surface area contributed by atoms with Crippen molar-refractivity contribution in [3.63, 3.8) is 0 Å². The van der Waals surface area contributed by atoms with Crippen LogP contribution in [0.15, 0.2) is 6.33 Å². The first-order chi connectivity index (χ1) is 9.02. The fraction of sp³-hybridized carbons (Fsp3) is 0.733. The van der Waals surface area contributed by atoms with Gasteiger partial charge >= 0.3 is 0 Å². The number of rotatable bonds is 5. The van der Waals surface area contributed by atoms with Crippen molar-refractivity contribution in [3.05, 3.63) is 11.9 Å². The van der Waals surface area contributed by atoms with Crippen LogP contribution in [0.4, 0.5) is 11.6 Å². The van der Waals surface area contributed by atoms with Crippen LogP contribution in [0.25, 0.3) is 0 Å². The van der Waals surface area contributed by atoms with Crippen LogP contribution in [0, 0.1) is 12.3 Å². The molecule has 2 N–H and O–H groups in total. The first-order valence-corrected chi connectivity index (χ1v) is 7.34. The SMILES string of the molecule is CCCNc1ncnc(NC2CCC(C)(C)C2)c1C. The van der Waals surface area contributed by atoms with Gasteiger partial charge in [0.2, 0.25) is 0 Å². The third-order valence-electron chi connectivity index (χ3n) is 3.94. The monoisotopic (exact) mass is 262 g/mol. The summed E-state index contributed by atoms with van der Waals surface area (Å²) in [6, 6.07) is 0.544. The third-order valence-corrected chi connectivity index (χ3v) is 3.94. The molecule has 1 unspecified atom stereocenters. The maximum Gasteiger partial charge on any atom is 0.134 e. The van der Waals surface area contributed by atoms with E-state index in [4.69, 9.17) is 0 Å². The van der Waals surface area contributed by atoms with E-state index in [9.17, 15) is 0 Å². The number of nitrogens with one attached hydrogen (secondary N) is 2. The molecule has 0 aliphatic heterocycles. The van der Waals surface area contributed by atoms with E-state index in [0.717, 1.165) is 30.2 Å². The average Bonchev–Trinajstić information content (AvgIpc) is 2.70. The Morgan fingerprint density at radius 2 is 2.05 bits per heavy atom. The van der Waals surface area contributed by atoms with Crippen LogP contribution in [0.5, 0.6) is 0 Å². The molecule has 0 bridgehead atoms. The number of aromatic nitrogens is 2. The van der Waals surface area contributed by atoms with Crippen LogP contribution in [-0.2, 0) is 0 Å². The van der Waals surface area contributed by atoms with Crippen molar-refractivity contribution in [1.82, 2.24) is 9.97 Å². The fourth-order valence-electron chi connectivity index (χ4n) is 2.77. The van der Waals surface area contributed by atoms with E-state index in [0.29, 0.717) is 11.5 Å². The number of nitrogens with zero attached hydrogens (tertiary/aromatic N) is 2. The standard InChI is InChI=1S/C15H26N4/c1-5-8-16-13-11(2)14(18-10-17-13)19-12-6-7-15(3,4)9-12/h10,12H,5-9H2,1-4H3,(H2,16,17,18,19). The summed E-state index contributed by atoms with van der Waals surface area (Å²) >= 11 is 0. The predicted octanol–water partition coefficient (Wildman–Crippen LogP) is 3.60. The molecule has 1 heterocycles. The Hall–Kier alpha value is -1.32. The molecule has 1 aromatic heterocycles. The van der Waals surface area contributed by atoms with Gasteiger partial charge in [0.25, 0.3) is 0 Å². The molecule has 0 radical (unpaired) electrons. The molecule has 4 heteroatoms. The Balaban J connectivity index is 2.04. The Morgan fingerprint density at radius 3 is 2.68 bits per heavy atom. The summed E-state index contributed by atoms with van der Waals surface area (Å²) < 4.78 is 0. The van der Waals surface area contributed by atoms with Crippen LogP contribution >= 0.6 is 0 Å². The van der Waals surface area contributed by atoms with Crippen LogP contribution in [-0.4, -0.2) is 22.6 Å². The van der Waals surface area contributed by atoms with Gasteiger partial charge in [0, 0.05) is 18.2 Å². The molecule has 0 saturated heterocycles. The van der Waals surface area contributed by atoms with E-state index in [1.165, 1.54) is 19.3 Å². The van der Waals surface area contributed by atoms with Gasteiger partial charge in [-0.25, -0.2) is 9.97 Å². The highest BCUT2D eigenvalue weighted by atomic mass is 15.1. The minimum Gasteiger partial charge on any atom is -0.370 e. The van der Waals surface area contributed by atoms with Crippen LogP contribution in [0.3, 0.4) is 0 Å². The fourth-order valence-corrected chi connectivity index (χ4v) is 2.77. The molecule has 1 aromatic rings. The van der Waals surface area contributed by atoms with Gasteiger partial charge in [0.1, 0.15) is 18.0 Å². The van der Waals surface area contributed by atoms with Crippen LogP contribution in [0.2, 0.25) is 0 Å². The van der Waals surface area contributed by atoms with Gasteiger partial charge in [0.05, 0.1) is 0 Å². The Labute approximate surface area is 116 Å². The second kappa shape index (κ2) is 5.76. The second-order valence-electron chi connectivity index (χ2n) is 6.37. The number of hydrogen-bond acceptors (Lipinski definition) is 4. The maximum atomic E-state index is 4.40. The Bertz CT molecular complexity index is 428. The molecule has 1 aliphatic carbocycles. The largest absolute Gasteiger partial charge is 0.370 e. The zero-order chi connectivity index (χ0) is 13.9.